The second-order valence-electron chi connectivity index (χ2n) is 5.04. The molecule has 16 heavy (non-hydrogen) atoms. The molecule has 0 amide bonds. The van der Waals surface area contributed by atoms with Crippen LogP contribution in [0, 0.1) is 17.8 Å². The lowest BCUT2D eigenvalue weighted by Crippen LogP contribution is -2.39. The molecule has 1 heterocycles. The van der Waals surface area contributed by atoms with E-state index in [1.807, 2.05) is 7.05 Å². The van der Waals surface area contributed by atoms with Crippen molar-refractivity contribution in [3.8, 4) is 0 Å². The molecular weight excluding hydrogens is 206 g/mol. The highest BCUT2D eigenvalue weighted by molar-refractivity contribution is 5.99. The normalized spacial score (nSPS) is 21.0. The number of carboxylic acids is 1. The summed E-state index contributed by atoms with van der Waals surface area (Å²) in [6, 6.07) is 0. The second kappa shape index (κ2) is 5.43. The van der Waals surface area contributed by atoms with Crippen LogP contribution in [0.5, 0.6) is 0 Å². The third-order valence-corrected chi connectivity index (χ3v) is 3.36. The quantitative estimate of drug-likeness (QED) is 0.734. The van der Waals surface area contributed by atoms with Crippen molar-refractivity contribution in [1.29, 1.82) is 0 Å². The predicted molar refractivity (Wildman–Crippen MR) is 61.2 cm³/mol. The molecule has 0 saturated carbocycles. The van der Waals surface area contributed by atoms with E-state index in [2.05, 4.69) is 4.90 Å². The smallest absolute Gasteiger partial charge is 0.314 e. The van der Waals surface area contributed by atoms with Crippen molar-refractivity contribution in [2.75, 3.05) is 20.1 Å². The molecule has 0 spiro atoms. The first kappa shape index (κ1) is 13.2. The molecule has 1 aliphatic rings. The summed E-state index contributed by atoms with van der Waals surface area (Å²) in [5, 5.41) is 9.07. The molecule has 0 aliphatic carbocycles. The van der Waals surface area contributed by atoms with Crippen LogP contribution < -0.4 is 0 Å². The Morgan fingerprint density at radius 3 is 2.12 bits per heavy atom. The molecule has 4 heteroatoms. The van der Waals surface area contributed by atoms with Gasteiger partial charge in [-0.15, -0.1) is 0 Å². The third-order valence-electron chi connectivity index (χ3n) is 3.36. The van der Waals surface area contributed by atoms with Gasteiger partial charge in [-0.1, -0.05) is 13.8 Å². The molecule has 1 N–H and O–H groups in total. The predicted octanol–water partition coefficient (Wildman–Crippen LogP) is 1.25. The zero-order valence-electron chi connectivity index (χ0n) is 10.3. The van der Waals surface area contributed by atoms with Gasteiger partial charge in [-0.2, -0.15) is 0 Å². The summed E-state index contributed by atoms with van der Waals surface area (Å²) in [7, 11) is 2.03. The largest absolute Gasteiger partial charge is 0.481 e. The zero-order valence-corrected chi connectivity index (χ0v) is 10.3. The van der Waals surface area contributed by atoms with E-state index in [9.17, 15) is 9.59 Å². The van der Waals surface area contributed by atoms with Crippen LogP contribution in [-0.4, -0.2) is 41.9 Å². The maximum absolute atomic E-state index is 12.1. The molecule has 0 bridgehead atoms. The van der Waals surface area contributed by atoms with Crippen molar-refractivity contribution in [3.05, 3.63) is 0 Å². The van der Waals surface area contributed by atoms with Crippen LogP contribution in [0.1, 0.15) is 26.7 Å². The van der Waals surface area contributed by atoms with E-state index >= 15 is 0 Å². The Kier molecular flexibility index (Phi) is 4.47. The monoisotopic (exact) mass is 227 g/mol. The number of nitrogens with zero attached hydrogens (tertiary/aromatic N) is 1. The van der Waals surface area contributed by atoms with E-state index in [0.717, 1.165) is 25.9 Å². The Hall–Kier alpha value is -0.900. The molecule has 4 nitrogen and oxygen atoms in total. The fourth-order valence-electron chi connectivity index (χ4n) is 2.28. The summed E-state index contributed by atoms with van der Waals surface area (Å²) in [6.07, 6.45) is 1.59. The highest BCUT2D eigenvalue weighted by Gasteiger charge is 2.35. The number of Topliss-reactive ketones (excluding diaryl/α,β-unsaturated/α-hetero) is 1. The second-order valence-corrected chi connectivity index (χ2v) is 5.04. The van der Waals surface area contributed by atoms with Gasteiger partial charge in [-0.3, -0.25) is 9.59 Å². The van der Waals surface area contributed by atoms with Crippen LogP contribution in [0.4, 0.5) is 0 Å². The number of likely N-dealkylation sites (tertiary alicyclic amines) is 1. The highest BCUT2D eigenvalue weighted by atomic mass is 16.4. The molecule has 92 valence electrons. The van der Waals surface area contributed by atoms with Crippen molar-refractivity contribution in [3.63, 3.8) is 0 Å². The van der Waals surface area contributed by atoms with Gasteiger partial charge in [-0.05, 0) is 38.9 Å². The lowest BCUT2D eigenvalue weighted by molar-refractivity contribution is -0.150. The van der Waals surface area contributed by atoms with Gasteiger partial charge >= 0.3 is 5.97 Å². The van der Waals surface area contributed by atoms with Gasteiger partial charge in [0.2, 0.25) is 0 Å². The Balaban J connectivity index is 2.65. The van der Waals surface area contributed by atoms with Crippen molar-refractivity contribution >= 4 is 11.8 Å². The number of aliphatic carboxylic acids is 1. The summed E-state index contributed by atoms with van der Waals surface area (Å²) in [4.78, 5) is 25.3. The Morgan fingerprint density at radius 1 is 1.25 bits per heavy atom. The van der Waals surface area contributed by atoms with Crippen LogP contribution in [-0.2, 0) is 9.59 Å². The standard InChI is InChI=1S/C12H21NO3/c1-8(2)10(12(15)16)11(14)9-4-6-13(3)7-5-9/h8-10H,4-7H2,1-3H3,(H,15,16). The van der Waals surface area contributed by atoms with Gasteiger partial charge in [0.25, 0.3) is 0 Å². The Bertz CT molecular complexity index is 267. The average Bonchev–Trinajstić information content (AvgIpc) is 2.17. The van der Waals surface area contributed by atoms with Crippen LogP contribution in [0.3, 0.4) is 0 Å². The number of ketones is 1. The number of carbonyl (C=O) groups is 2. The van der Waals surface area contributed by atoms with Gasteiger partial charge in [0.15, 0.2) is 5.78 Å². The molecule has 0 aromatic rings. The van der Waals surface area contributed by atoms with Gasteiger partial charge < -0.3 is 10.0 Å². The van der Waals surface area contributed by atoms with Crippen LogP contribution in [0.2, 0.25) is 0 Å². The van der Waals surface area contributed by atoms with E-state index in [0.29, 0.717) is 0 Å². The molecule has 1 unspecified atom stereocenters. The zero-order chi connectivity index (χ0) is 12.3. The van der Waals surface area contributed by atoms with Crippen molar-refractivity contribution in [2.45, 2.75) is 26.7 Å². The average molecular weight is 227 g/mol. The Labute approximate surface area is 96.6 Å². The molecule has 0 radical (unpaired) electrons. The molecule has 1 fully saturated rings. The van der Waals surface area contributed by atoms with E-state index < -0.39 is 11.9 Å². The number of piperidine rings is 1. The summed E-state index contributed by atoms with van der Waals surface area (Å²) < 4.78 is 0. The highest BCUT2D eigenvalue weighted by Crippen LogP contribution is 2.24. The minimum absolute atomic E-state index is 0.0558. The lowest BCUT2D eigenvalue weighted by Gasteiger charge is -2.30. The summed E-state index contributed by atoms with van der Waals surface area (Å²) in [5.74, 6) is -2.05. The topological polar surface area (TPSA) is 57.6 Å². The van der Waals surface area contributed by atoms with Crippen molar-refractivity contribution in [1.82, 2.24) is 4.90 Å². The van der Waals surface area contributed by atoms with Gasteiger partial charge in [0.1, 0.15) is 5.92 Å². The van der Waals surface area contributed by atoms with E-state index in [1.54, 1.807) is 13.8 Å². The maximum atomic E-state index is 12.1. The van der Waals surface area contributed by atoms with E-state index in [1.165, 1.54) is 0 Å². The number of hydrogen-bond acceptors (Lipinski definition) is 3. The van der Waals surface area contributed by atoms with E-state index in [4.69, 9.17) is 5.11 Å². The molecule has 0 aromatic heterocycles. The number of carboxylic acid groups (broad SMARTS) is 1. The lowest BCUT2D eigenvalue weighted by atomic mass is 9.81. The third kappa shape index (κ3) is 3.04. The van der Waals surface area contributed by atoms with Crippen molar-refractivity contribution in [2.24, 2.45) is 17.8 Å². The van der Waals surface area contributed by atoms with Gasteiger partial charge in [0, 0.05) is 5.92 Å². The fraction of sp³-hybridized carbons (Fsp3) is 0.833. The molecule has 0 aromatic carbocycles. The van der Waals surface area contributed by atoms with E-state index in [-0.39, 0.29) is 17.6 Å². The minimum atomic E-state index is -0.973. The number of rotatable bonds is 4. The molecule has 1 rings (SSSR count). The summed E-state index contributed by atoms with van der Waals surface area (Å²) in [5.41, 5.74) is 0. The van der Waals surface area contributed by atoms with Crippen molar-refractivity contribution < 1.29 is 14.7 Å². The first-order valence-corrected chi connectivity index (χ1v) is 5.88. The Morgan fingerprint density at radius 2 is 1.75 bits per heavy atom. The van der Waals surface area contributed by atoms with Crippen LogP contribution >= 0.6 is 0 Å². The molecule has 1 saturated heterocycles. The summed E-state index contributed by atoms with van der Waals surface area (Å²) in [6.45, 7) is 5.37. The van der Waals surface area contributed by atoms with Gasteiger partial charge in [0.05, 0.1) is 0 Å². The van der Waals surface area contributed by atoms with Gasteiger partial charge in [-0.25, -0.2) is 0 Å². The molecule has 1 aliphatic heterocycles. The minimum Gasteiger partial charge on any atom is -0.481 e. The number of carbonyl (C=O) groups excluding carboxylic acids is 1. The SMILES string of the molecule is CC(C)C(C(=O)O)C(=O)C1CCN(C)CC1. The maximum Gasteiger partial charge on any atom is 0.314 e. The summed E-state index contributed by atoms with van der Waals surface area (Å²) >= 11 is 0. The molecular formula is C12H21NO3. The fourth-order valence-corrected chi connectivity index (χ4v) is 2.28. The number of hydrogen-bond donors (Lipinski definition) is 1. The van der Waals surface area contributed by atoms with Crippen LogP contribution in [0.15, 0.2) is 0 Å². The molecule has 1 atom stereocenters. The van der Waals surface area contributed by atoms with Crippen LogP contribution in [0.25, 0.3) is 0 Å². The first-order chi connectivity index (χ1) is 7.43. The first-order valence-electron chi connectivity index (χ1n) is 5.88.